The standard InChI is InChI=1S/C22H25ClN2O3S.C17H14ClNO3S.C2H6/c1-16-5-9-20(29-25(4)12-11-24(2)3)14-17(16)6-7-18-13-19(23)8-10-21(18)28-15-22(26)27;1-11-2-6-15(23-19)9-12(11)3-4-13-8-14(18)5-7-16(13)22-10-17(20)21;1-2/h5,8-10,13-14H,11-12,15H2,1-4H3,(H,26,27);2,5-9H,10,19H2,1H3,(H,20,21);1-2H3. The predicted octanol–water partition coefficient (Wildman–Crippen LogP) is 8.52. The lowest BCUT2D eigenvalue weighted by Gasteiger charge is -2.18. The number of hydrogen-bond acceptors (Lipinski definition) is 9. The Bertz CT molecular complexity index is 2000. The second kappa shape index (κ2) is 24.2. The fourth-order valence-electron chi connectivity index (χ4n) is 4.17. The van der Waals surface area contributed by atoms with E-state index in [0.29, 0.717) is 32.7 Å². The summed E-state index contributed by atoms with van der Waals surface area (Å²) in [6, 6.07) is 21.8. The van der Waals surface area contributed by atoms with Gasteiger partial charge in [-0.1, -0.05) is 72.9 Å². The monoisotopic (exact) mass is 809 g/mol. The van der Waals surface area contributed by atoms with Crippen LogP contribution in [0.3, 0.4) is 0 Å². The number of aliphatic carboxylic acids is 2. The summed E-state index contributed by atoms with van der Waals surface area (Å²) < 4.78 is 12.7. The summed E-state index contributed by atoms with van der Waals surface area (Å²) in [7, 11) is 6.18. The Balaban J connectivity index is 0.000000365. The zero-order valence-corrected chi connectivity index (χ0v) is 34.5. The Morgan fingerprint density at radius 3 is 1.52 bits per heavy atom. The first-order valence-electron chi connectivity index (χ1n) is 16.7. The van der Waals surface area contributed by atoms with Gasteiger partial charge in [0.25, 0.3) is 0 Å². The SMILES string of the molecule is CC.Cc1ccc(SN(C)CCN(C)C)cc1C#Cc1cc(Cl)ccc1OCC(=O)O.Cc1ccc(SN)cc1C#Cc1cc(Cl)ccc1OCC(=O)O. The van der Waals surface area contributed by atoms with Crippen molar-refractivity contribution >= 4 is 59.0 Å². The van der Waals surface area contributed by atoms with Crippen LogP contribution in [0.5, 0.6) is 11.5 Å². The van der Waals surface area contributed by atoms with Crippen LogP contribution in [0.25, 0.3) is 0 Å². The van der Waals surface area contributed by atoms with E-state index in [2.05, 4.69) is 66.2 Å². The molecule has 0 unspecified atom stereocenters. The largest absolute Gasteiger partial charge is 0.481 e. The molecule has 0 aliphatic heterocycles. The molecule has 13 heteroatoms. The molecule has 0 amide bonds. The second-order valence-corrected chi connectivity index (χ2v) is 14.3. The molecule has 286 valence electrons. The van der Waals surface area contributed by atoms with E-state index < -0.39 is 25.2 Å². The fourth-order valence-corrected chi connectivity index (χ4v) is 5.68. The Morgan fingerprint density at radius 2 is 1.09 bits per heavy atom. The molecule has 0 spiro atoms. The van der Waals surface area contributed by atoms with Crippen LogP contribution in [-0.2, 0) is 9.59 Å². The highest BCUT2D eigenvalue weighted by atomic mass is 35.5. The topological polar surface area (TPSA) is 126 Å². The summed E-state index contributed by atoms with van der Waals surface area (Å²) in [5.74, 6) is 11.0. The van der Waals surface area contributed by atoms with Crippen molar-refractivity contribution < 1.29 is 29.3 Å². The molecule has 0 radical (unpaired) electrons. The van der Waals surface area contributed by atoms with E-state index in [1.54, 1.807) is 48.3 Å². The van der Waals surface area contributed by atoms with Gasteiger partial charge in [-0.25, -0.2) is 13.9 Å². The smallest absolute Gasteiger partial charge is 0.341 e. The lowest BCUT2D eigenvalue weighted by atomic mass is 10.1. The average molecular weight is 811 g/mol. The first kappa shape index (κ1) is 45.9. The number of aryl methyl sites for hydroxylation is 2. The van der Waals surface area contributed by atoms with Gasteiger partial charge in [0, 0.05) is 44.1 Å². The van der Waals surface area contributed by atoms with Gasteiger partial charge in [0.1, 0.15) is 11.5 Å². The van der Waals surface area contributed by atoms with Gasteiger partial charge in [0.05, 0.1) is 11.1 Å². The van der Waals surface area contributed by atoms with Gasteiger partial charge in [-0.2, -0.15) is 0 Å². The maximum absolute atomic E-state index is 10.8. The molecule has 0 aliphatic carbocycles. The summed E-state index contributed by atoms with van der Waals surface area (Å²) in [4.78, 5) is 25.6. The Hall–Kier alpha value is -4.30. The number of nitrogens with two attached hydrogens (primary N) is 1. The minimum Gasteiger partial charge on any atom is -0.481 e. The van der Waals surface area contributed by atoms with Gasteiger partial charge in [0.15, 0.2) is 13.2 Å². The van der Waals surface area contributed by atoms with E-state index in [9.17, 15) is 9.59 Å². The lowest BCUT2D eigenvalue weighted by Crippen LogP contribution is -2.24. The number of halogens is 2. The molecule has 0 saturated carbocycles. The molecule has 0 fully saturated rings. The summed E-state index contributed by atoms with van der Waals surface area (Å²) >= 11 is 14.9. The minimum atomic E-state index is -1.05. The Kier molecular flexibility index (Phi) is 20.5. The minimum absolute atomic E-state index is 0.381. The van der Waals surface area contributed by atoms with Gasteiger partial charge >= 0.3 is 11.9 Å². The molecule has 0 bridgehead atoms. The van der Waals surface area contributed by atoms with Gasteiger partial charge in [-0.05, 0) is 131 Å². The van der Waals surface area contributed by atoms with Crippen molar-refractivity contribution in [3.05, 3.63) is 116 Å². The summed E-state index contributed by atoms with van der Waals surface area (Å²) in [6.07, 6.45) is 0. The third kappa shape index (κ3) is 16.8. The van der Waals surface area contributed by atoms with Crippen LogP contribution >= 0.6 is 47.1 Å². The highest BCUT2D eigenvalue weighted by Crippen LogP contribution is 2.26. The summed E-state index contributed by atoms with van der Waals surface area (Å²) in [6.45, 7) is 9.02. The molecule has 4 rings (SSSR count). The number of hydrogen-bond donors (Lipinski definition) is 3. The fraction of sp³-hybridized carbons (Fsp3) is 0.268. The van der Waals surface area contributed by atoms with Crippen molar-refractivity contribution in [2.45, 2.75) is 37.5 Å². The van der Waals surface area contributed by atoms with E-state index in [4.69, 9.17) is 48.0 Å². The Morgan fingerprint density at radius 1 is 0.667 bits per heavy atom. The zero-order valence-electron chi connectivity index (χ0n) is 31.3. The van der Waals surface area contributed by atoms with Gasteiger partial charge in [0.2, 0.25) is 0 Å². The van der Waals surface area contributed by atoms with Crippen molar-refractivity contribution in [1.82, 2.24) is 9.21 Å². The van der Waals surface area contributed by atoms with Crippen molar-refractivity contribution in [2.75, 3.05) is 47.4 Å². The summed E-state index contributed by atoms with van der Waals surface area (Å²) in [5, 5.41) is 24.1. The first-order chi connectivity index (χ1) is 25.7. The third-order valence-electron chi connectivity index (χ3n) is 6.93. The third-order valence-corrected chi connectivity index (χ3v) is 8.88. The highest BCUT2D eigenvalue weighted by Gasteiger charge is 2.08. The molecule has 0 heterocycles. The number of likely N-dealkylation sites (N-methyl/N-ethyl adjacent to an activating group) is 2. The molecular weight excluding hydrogens is 766 g/mol. The first-order valence-corrected chi connectivity index (χ1v) is 19.1. The van der Waals surface area contributed by atoms with Crippen LogP contribution in [0.15, 0.2) is 82.6 Å². The maximum Gasteiger partial charge on any atom is 0.341 e. The van der Waals surface area contributed by atoms with Crippen LogP contribution < -0.4 is 14.6 Å². The zero-order chi connectivity index (χ0) is 40.2. The molecular formula is C41H45Cl2N3O6S2. The quantitative estimate of drug-likeness (QED) is 0.0943. The molecule has 0 saturated heterocycles. The highest BCUT2D eigenvalue weighted by molar-refractivity contribution is 7.97. The van der Waals surface area contributed by atoms with Crippen molar-refractivity contribution in [3.63, 3.8) is 0 Å². The van der Waals surface area contributed by atoms with E-state index in [0.717, 1.165) is 57.1 Å². The molecule has 4 N–H and O–H groups in total. The van der Waals surface area contributed by atoms with E-state index >= 15 is 0 Å². The molecule has 54 heavy (non-hydrogen) atoms. The lowest BCUT2D eigenvalue weighted by molar-refractivity contribution is -0.140. The Labute approximate surface area is 337 Å². The molecule has 0 aliphatic rings. The van der Waals surface area contributed by atoms with Gasteiger partial charge < -0.3 is 24.6 Å². The number of carboxylic acid groups (broad SMARTS) is 2. The van der Waals surface area contributed by atoms with Gasteiger partial charge in [-0.3, -0.25) is 5.14 Å². The van der Waals surface area contributed by atoms with Crippen LogP contribution in [-0.4, -0.2) is 78.8 Å². The second-order valence-electron chi connectivity index (χ2n) is 11.5. The van der Waals surface area contributed by atoms with Crippen molar-refractivity contribution in [3.8, 4) is 35.2 Å². The van der Waals surface area contributed by atoms with Crippen LogP contribution in [0.1, 0.15) is 47.2 Å². The van der Waals surface area contributed by atoms with Gasteiger partial charge in [-0.15, -0.1) is 0 Å². The van der Waals surface area contributed by atoms with Crippen LogP contribution in [0, 0.1) is 37.5 Å². The number of nitrogens with zero attached hydrogens (tertiary/aromatic N) is 2. The van der Waals surface area contributed by atoms with Crippen molar-refractivity contribution in [2.24, 2.45) is 5.14 Å². The maximum atomic E-state index is 10.8. The van der Waals surface area contributed by atoms with Crippen LogP contribution in [0.2, 0.25) is 10.0 Å². The molecule has 9 nitrogen and oxygen atoms in total. The number of carboxylic acids is 2. The molecule has 0 atom stereocenters. The summed E-state index contributed by atoms with van der Waals surface area (Å²) in [5.41, 5.74) is 4.91. The van der Waals surface area contributed by atoms with E-state index in [-0.39, 0.29) is 0 Å². The van der Waals surface area contributed by atoms with E-state index in [1.807, 2.05) is 52.0 Å². The van der Waals surface area contributed by atoms with Crippen LogP contribution in [0.4, 0.5) is 0 Å². The average Bonchev–Trinajstić information content (AvgIpc) is 3.14. The van der Waals surface area contributed by atoms with Crippen molar-refractivity contribution in [1.29, 1.82) is 0 Å². The number of rotatable bonds is 12. The molecule has 0 aromatic heterocycles. The predicted molar refractivity (Wildman–Crippen MR) is 222 cm³/mol. The molecule has 4 aromatic carbocycles. The normalized spacial score (nSPS) is 10.1. The number of carbonyl (C=O) groups is 2. The number of benzene rings is 4. The van der Waals surface area contributed by atoms with E-state index in [1.165, 1.54) is 0 Å². The molecule has 4 aromatic rings. The number of ether oxygens (including phenoxy) is 2.